The molecular formula is C30H26F3N3O5. The Hall–Kier alpha value is -4.93. The minimum Gasteiger partial charge on any atom is -0.490 e. The second-order valence-electron chi connectivity index (χ2n) is 9.24. The number of aromatic nitrogens is 2. The van der Waals surface area contributed by atoms with E-state index in [1.807, 2.05) is 0 Å². The summed E-state index contributed by atoms with van der Waals surface area (Å²) in [5.74, 6) is -4.05. The smallest absolute Gasteiger partial charge is 0.271 e. The SMILES string of the molecule is CCC(=O)Cc1cc(Oc2cc(F)c(NC(=O)c3c(OC(C)C)ccn(-c4ccc(F)cc4)c3=O)cc2F)ccn1. The van der Waals surface area contributed by atoms with Crippen molar-refractivity contribution in [2.75, 3.05) is 5.32 Å². The number of Topliss-reactive ketones (excluding diaryl/α,β-unsaturated/α-hetero) is 1. The first kappa shape index (κ1) is 29.1. The molecule has 4 aromatic rings. The highest BCUT2D eigenvalue weighted by molar-refractivity contribution is 6.06. The van der Waals surface area contributed by atoms with Gasteiger partial charge in [0.1, 0.15) is 28.7 Å². The predicted molar refractivity (Wildman–Crippen MR) is 145 cm³/mol. The molecule has 41 heavy (non-hydrogen) atoms. The molecule has 1 N–H and O–H groups in total. The number of ketones is 1. The van der Waals surface area contributed by atoms with Crippen LogP contribution in [0, 0.1) is 17.5 Å². The third-order valence-corrected chi connectivity index (χ3v) is 5.81. The number of nitrogens with zero attached hydrogens (tertiary/aromatic N) is 2. The van der Waals surface area contributed by atoms with Crippen LogP contribution in [0.5, 0.6) is 17.2 Å². The molecule has 0 atom stereocenters. The Morgan fingerprint density at radius 1 is 0.976 bits per heavy atom. The largest absolute Gasteiger partial charge is 0.490 e. The molecule has 212 valence electrons. The number of carbonyl (C=O) groups is 2. The Balaban J connectivity index is 1.63. The molecule has 2 aromatic carbocycles. The molecule has 4 rings (SSSR count). The van der Waals surface area contributed by atoms with Crippen LogP contribution in [0.4, 0.5) is 18.9 Å². The fourth-order valence-corrected chi connectivity index (χ4v) is 3.84. The van der Waals surface area contributed by atoms with Gasteiger partial charge in [-0.15, -0.1) is 0 Å². The monoisotopic (exact) mass is 565 g/mol. The van der Waals surface area contributed by atoms with Crippen molar-refractivity contribution in [3.63, 3.8) is 0 Å². The van der Waals surface area contributed by atoms with Gasteiger partial charge in [0.15, 0.2) is 17.4 Å². The fraction of sp³-hybridized carbons (Fsp3) is 0.200. The summed E-state index contributed by atoms with van der Waals surface area (Å²) < 4.78 is 55.6. The summed E-state index contributed by atoms with van der Waals surface area (Å²) in [6.45, 7) is 5.10. The molecule has 0 saturated carbocycles. The van der Waals surface area contributed by atoms with Crippen LogP contribution in [-0.2, 0) is 11.2 Å². The van der Waals surface area contributed by atoms with E-state index in [-0.39, 0.29) is 29.4 Å². The van der Waals surface area contributed by atoms with E-state index >= 15 is 4.39 Å². The quantitative estimate of drug-likeness (QED) is 0.253. The van der Waals surface area contributed by atoms with Crippen molar-refractivity contribution >= 4 is 17.4 Å². The number of pyridine rings is 2. The molecule has 8 nitrogen and oxygen atoms in total. The molecule has 2 aromatic heterocycles. The van der Waals surface area contributed by atoms with E-state index < -0.39 is 52.0 Å². The summed E-state index contributed by atoms with van der Waals surface area (Å²) in [5, 5.41) is 2.23. The van der Waals surface area contributed by atoms with E-state index in [9.17, 15) is 23.2 Å². The second kappa shape index (κ2) is 12.5. The Kier molecular flexibility index (Phi) is 8.86. The molecule has 1 amide bonds. The maximum absolute atomic E-state index is 15.0. The first-order chi connectivity index (χ1) is 19.5. The molecule has 0 radical (unpaired) electrons. The van der Waals surface area contributed by atoms with Gasteiger partial charge in [-0.2, -0.15) is 0 Å². The van der Waals surface area contributed by atoms with Crippen molar-refractivity contribution in [1.29, 1.82) is 0 Å². The summed E-state index contributed by atoms with van der Waals surface area (Å²) in [6.07, 6.45) is 2.72. The summed E-state index contributed by atoms with van der Waals surface area (Å²) in [5.41, 5.74) is -1.14. The van der Waals surface area contributed by atoms with Gasteiger partial charge in [-0.05, 0) is 50.2 Å². The van der Waals surface area contributed by atoms with Gasteiger partial charge >= 0.3 is 0 Å². The maximum Gasteiger partial charge on any atom is 0.271 e. The second-order valence-corrected chi connectivity index (χ2v) is 9.24. The van der Waals surface area contributed by atoms with Crippen LogP contribution < -0.4 is 20.3 Å². The third kappa shape index (κ3) is 6.99. The number of rotatable bonds is 10. The summed E-state index contributed by atoms with van der Waals surface area (Å²) in [4.78, 5) is 42.4. The van der Waals surface area contributed by atoms with Crippen LogP contribution in [0.25, 0.3) is 5.69 Å². The van der Waals surface area contributed by atoms with Crippen LogP contribution in [-0.4, -0.2) is 27.3 Å². The Morgan fingerprint density at radius 2 is 1.71 bits per heavy atom. The molecule has 0 unspecified atom stereocenters. The fourth-order valence-electron chi connectivity index (χ4n) is 3.84. The minimum absolute atomic E-state index is 0.0447. The van der Waals surface area contributed by atoms with Crippen molar-refractivity contribution in [3.05, 3.63) is 106 Å². The van der Waals surface area contributed by atoms with Gasteiger partial charge in [-0.3, -0.25) is 23.9 Å². The highest BCUT2D eigenvalue weighted by atomic mass is 19.1. The van der Waals surface area contributed by atoms with Crippen LogP contribution >= 0.6 is 0 Å². The van der Waals surface area contributed by atoms with Crippen molar-refractivity contribution < 1.29 is 32.2 Å². The van der Waals surface area contributed by atoms with Gasteiger partial charge in [0.25, 0.3) is 11.5 Å². The number of amides is 1. The lowest BCUT2D eigenvalue weighted by Crippen LogP contribution is -2.30. The van der Waals surface area contributed by atoms with E-state index in [1.54, 1.807) is 20.8 Å². The van der Waals surface area contributed by atoms with Crippen molar-refractivity contribution in [2.24, 2.45) is 0 Å². The zero-order chi connectivity index (χ0) is 29.7. The Bertz CT molecular complexity index is 1650. The number of hydrogen-bond donors (Lipinski definition) is 1. The van der Waals surface area contributed by atoms with Crippen LogP contribution in [0.2, 0.25) is 0 Å². The van der Waals surface area contributed by atoms with Crippen LogP contribution in [0.15, 0.2) is 71.8 Å². The Labute approximate surface area is 233 Å². The lowest BCUT2D eigenvalue weighted by Gasteiger charge is -2.16. The average Bonchev–Trinajstić information content (AvgIpc) is 2.92. The highest BCUT2D eigenvalue weighted by Gasteiger charge is 2.23. The predicted octanol–water partition coefficient (Wildman–Crippen LogP) is 6.00. The van der Waals surface area contributed by atoms with E-state index in [4.69, 9.17) is 9.47 Å². The van der Waals surface area contributed by atoms with E-state index in [1.165, 1.54) is 42.7 Å². The summed E-state index contributed by atoms with van der Waals surface area (Å²) in [7, 11) is 0. The lowest BCUT2D eigenvalue weighted by molar-refractivity contribution is -0.118. The number of nitrogens with one attached hydrogen (secondary N) is 1. The van der Waals surface area contributed by atoms with E-state index in [0.29, 0.717) is 12.1 Å². The van der Waals surface area contributed by atoms with Gasteiger partial charge < -0.3 is 14.8 Å². The Morgan fingerprint density at radius 3 is 2.39 bits per heavy atom. The molecule has 0 saturated heterocycles. The van der Waals surface area contributed by atoms with E-state index in [0.717, 1.165) is 28.8 Å². The number of benzene rings is 2. The number of anilines is 1. The van der Waals surface area contributed by atoms with Gasteiger partial charge in [0, 0.05) is 49.1 Å². The molecule has 0 aliphatic carbocycles. The number of halogens is 3. The van der Waals surface area contributed by atoms with Crippen LogP contribution in [0.1, 0.15) is 43.2 Å². The maximum atomic E-state index is 15.0. The van der Waals surface area contributed by atoms with Crippen molar-refractivity contribution in [1.82, 2.24) is 9.55 Å². The number of ether oxygens (including phenoxy) is 2. The van der Waals surface area contributed by atoms with Crippen LogP contribution in [0.3, 0.4) is 0 Å². The molecule has 0 aliphatic heterocycles. The molecule has 2 heterocycles. The zero-order valence-corrected chi connectivity index (χ0v) is 22.4. The normalized spacial score (nSPS) is 10.9. The molecule has 0 bridgehead atoms. The molecule has 0 spiro atoms. The topological polar surface area (TPSA) is 99.5 Å². The summed E-state index contributed by atoms with van der Waals surface area (Å²) >= 11 is 0. The first-order valence-electron chi connectivity index (χ1n) is 12.7. The standard InChI is InChI=1S/C30H26F3N3O5/c1-4-21(37)13-19-14-22(9-11-34-19)41-27-16-23(32)25(15-24(27)33)35-29(38)28-26(40-17(2)3)10-12-36(30(28)39)20-7-5-18(31)6-8-20/h5-12,14-17H,4,13H2,1-3H3,(H,35,38). The minimum atomic E-state index is -1.05. The van der Waals surface area contributed by atoms with Gasteiger partial charge in [0.05, 0.1) is 17.5 Å². The average molecular weight is 566 g/mol. The highest BCUT2D eigenvalue weighted by Crippen LogP contribution is 2.30. The van der Waals surface area contributed by atoms with Gasteiger partial charge in [-0.25, -0.2) is 13.2 Å². The van der Waals surface area contributed by atoms with Crippen molar-refractivity contribution in [3.8, 4) is 22.9 Å². The van der Waals surface area contributed by atoms with Gasteiger partial charge in [-0.1, -0.05) is 6.92 Å². The molecular weight excluding hydrogens is 539 g/mol. The van der Waals surface area contributed by atoms with Crippen molar-refractivity contribution in [2.45, 2.75) is 39.7 Å². The van der Waals surface area contributed by atoms with E-state index in [2.05, 4.69) is 10.3 Å². The molecule has 0 aliphatic rings. The third-order valence-electron chi connectivity index (χ3n) is 5.81. The molecule has 11 heteroatoms. The zero-order valence-electron chi connectivity index (χ0n) is 22.4. The summed E-state index contributed by atoms with van der Waals surface area (Å²) in [6, 6.07) is 10.7. The number of hydrogen-bond acceptors (Lipinski definition) is 6. The molecule has 0 fully saturated rings. The first-order valence-corrected chi connectivity index (χ1v) is 12.7. The van der Waals surface area contributed by atoms with Gasteiger partial charge in [0.2, 0.25) is 0 Å². The number of carbonyl (C=O) groups excluding carboxylic acids is 2. The lowest BCUT2D eigenvalue weighted by atomic mass is 10.1.